The van der Waals surface area contributed by atoms with E-state index < -0.39 is 27.3 Å². The average molecular weight is 490 g/mol. The van der Waals surface area contributed by atoms with Gasteiger partial charge in [0.25, 0.3) is 10.0 Å². The Labute approximate surface area is 199 Å². The van der Waals surface area contributed by atoms with Gasteiger partial charge in [-0.05, 0) is 65.2 Å². The number of sulfonamides is 1. The van der Waals surface area contributed by atoms with Crippen molar-refractivity contribution in [3.05, 3.63) is 97.1 Å². The molecule has 0 bridgehead atoms. The number of anilines is 2. The fourth-order valence-corrected chi connectivity index (χ4v) is 4.88. The van der Waals surface area contributed by atoms with Gasteiger partial charge in [0.1, 0.15) is 22.3 Å². The highest BCUT2D eigenvalue weighted by molar-refractivity contribution is 7.92. The van der Waals surface area contributed by atoms with Gasteiger partial charge in [0.15, 0.2) is 0 Å². The molecule has 0 unspecified atom stereocenters. The van der Waals surface area contributed by atoms with E-state index in [4.69, 9.17) is 5.73 Å². The van der Waals surface area contributed by atoms with Gasteiger partial charge >= 0.3 is 0 Å². The zero-order chi connectivity index (χ0) is 24.6. The summed E-state index contributed by atoms with van der Waals surface area (Å²) in [6.07, 6.45) is 6.57. The van der Waals surface area contributed by atoms with Crippen molar-refractivity contribution >= 4 is 32.4 Å². The molecule has 0 saturated carbocycles. The van der Waals surface area contributed by atoms with E-state index in [2.05, 4.69) is 19.7 Å². The number of rotatable bonds is 5. The summed E-state index contributed by atoms with van der Waals surface area (Å²) in [7, 11) is -4.32. The summed E-state index contributed by atoms with van der Waals surface area (Å²) in [6, 6.07) is 15.0. The van der Waals surface area contributed by atoms with E-state index in [1.54, 1.807) is 24.7 Å². The Morgan fingerprint density at radius 3 is 2.37 bits per heavy atom. The third-order valence-electron chi connectivity index (χ3n) is 5.41. The van der Waals surface area contributed by atoms with Crippen molar-refractivity contribution in [2.75, 3.05) is 10.5 Å². The number of nitrogens with one attached hydrogen (secondary N) is 1. The second-order valence-corrected chi connectivity index (χ2v) is 9.31. The summed E-state index contributed by atoms with van der Waals surface area (Å²) in [4.78, 5) is 12.2. The molecule has 3 aromatic heterocycles. The predicted octanol–water partition coefficient (Wildman–Crippen LogP) is 5.02. The van der Waals surface area contributed by atoms with Crippen molar-refractivity contribution < 1.29 is 17.2 Å². The highest BCUT2D eigenvalue weighted by atomic mass is 32.2. The van der Waals surface area contributed by atoms with Crippen LogP contribution in [0.4, 0.5) is 20.3 Å². The van der Waals surface area contributed by atoms with Crippen molar-refractivity contribution in [2.45, 2.75) is 4.90 Å². The Bertz CT molecular complexity index is 1680. The first-order valence-electron chi connectivity index (χ1n) is 10.3. The molecule has 3 heterocycles. The van der Waals surface area contributed by atoms with Crippen LogP contribution in [0.3, 0.4) is 0 Å². The van der Waals surface area contributed by atoms with Crippen LogP contribution in [0.2, 0.25) is 0 Å². The van der Waals surface area contributed by atoms with E-state index >= 15 is 0 Å². The number of aromatic nitrogens is 3. The van der Waals surface area contributed by atoms with Gasteiger partial charge in [0, 0.05) is 41.8 Å². The monoisotopic (exact) mass is 489 g/mol. The van der Waals surface area contributed by atoms with Crippen LogP contribution in [0.1, 0.15) is 0 Å². The Balaban J connectivity index is 1.58. The zero-order valence-electron chi connectivity index (χ0n) is 18.0. The number of nitrogens with zero attached hydrogens (tertiary/aromatic N) is 3. The molecule has 10 heteroatoms. The lowest BCUT2D eigenvalue weighted by atomic mass is 9.98. The van der Waals surface area contributed by atoms with Crippen molar-refractivity contribution in [2.24, 2.45) is 0 Å². The standard InChI is InChI=1S/C25H17F2N5O2S/c26-18-2-4-23(21(27)13-18)32-35(33,34)24-12-17(14-31-25(24)28)16-1-3-22-20(11-16)19(7-10-30-22)15-5-8-29-9-6-15/h1-14,32H,(H2,28,31). The molecular weight excluding hydrogens is 472 g/mol. The third kappa shape index (κ3) is 4.38. The van der Waals surface area contributed by atoms with Crippen LogP contribution >= 0.6 is 0 Å². The van der Waals surface area contributed by atoms with Crippen molar-refractivity contribution in [1.29, 1.82) is 0 Å². The molecule has 5 aromatic rings. The fourth-order valence-electron chi connectivity index (χ4n) is 3.71. The Hall–Kier alpha value is -4.44. The van der Waals surface area contributed by atoms with E-state index in [0.29, 0.717) is 17.2 Å². The summed E-state index contributed by atoms with van der Waals surface area (Å²) >= 11 is 0. The minimum atomic E-state index is -4.32. The Kier molecular flexibility index (Phi) is 5.58. The molecule has 0 spiro atoms. The van der Waals surface area contributed by atoms with Crippen LogP contribution in [0.15, 0.2) is 90.3 Å². The second-order valence-electron chi connectivity index (χ2n) is 7.66. The molecule has 0 amide bonds. The van der Waals surface area contributed by atoms with Gasteiger partial charge in [0.2, 0.25) is 0 Å². The van der Waals surface area contributed by atoms with Crippen LogP contribution in [0.5, 0.6) is 0 Å². The molecule has 35 heavy (non-hydrogen) atoms. The highest BCUT2D eigenvalue weighted by Crippen LogP contribution is 2.32. The number of nitrogens with two attached hydrogens (primary N) is 1. The minimum Gasteiger partial charge on any atom is -0.383 e. The number of pyridine rings is 3. The molecule has 0 aliphatic heterocycles. The number of halogens is 2. The van der Waals surface area contributed by atoms with Gasteiger partial charge in [-0.25, -0.2) is 22.2 Å². The second kappa shape index (κ2) is 8.73. The van der Waals surface area contributed by atoms with Crippen LogP contribution in [-0.2, 0) is 10.0 Å². The van der Waals surface area contributed by atoms with E-state index in [1.807, 2.05) is 30.3 Å². The lowest BCUT2D eigenvalue weighted by Gasteiger charge is -2.13. The minimum absolute atomic E-state index is 0.260. The largest absolute Gasteiger partial charge is 0.383 e. The highest BCUT2D eigenvalue weighted by Gasteiger charge is 2.22. The van der Waals surface area contributed by atoms with Gasteiger partial charge in [-0.1, -0.05) is 6.07 Å². The van der Waals surface area contributed by atoms with Crippen LogP contribution in [0.25, 0.3) is 33.2 Å². The third-order valence-corrected chi connectivity index (χ3v) is 6.81. The molecule has 2 aromatic carbocycles. The van der Waals surface area contributed by atoms with E-state index in [0.717, 1.165) is 34.2 Å². The van der Waals surface area contributed by atoms with Crippen LogP contribution < -0.4 is 10.5 Å². The smallest absolute Gasteiger partial charge is 0.265 e. The maximum absolute atomic E-state index is 14.0. The summed E-state index contributed by atoms with van der Waals surface area (Å²) in [5, 5.41) is 0.851. The van der Waals surface area contributed by atoms with Gasteiger partial charge in [-0.3, -0.25) is 14.7 Å². The summed E-state index contributed by atoms with van der Waals surface area (Å²) in [5.41, 5.74) is 9.25. The van der Waals surface area contributed by atoms with Crippen molar-refractivity contribution in [1.82, 2.24) is 15.0 Å². The average Bonchev–Trinajstić information content (AvgIpc) is 2.86. The van der Waals surface area contributed by atoms with Crippen LogP contribution in [0, 0.1) is 11.6 Å². The molecule has 0 fully saturated rings. The maximum atomic E-state index is 14.0. The molecular formula is C25H17F2N5O2S. The summed E-state index contributed by atoms with van der Waals surface area (Å²) < 4.78 is 55.3. The molecule has 0 aliphatic rings. The topological polar surface area (TPSA) is 111 Å². The molecule has 5 rings (SSSR count). The first-order valence-corrected chi connectivity index (χ1v) is 11.8. The first-order chi connectivity index (χ1) is 16.8. The maximum Gasteiger partial charge on any atom is 0.265 e. The number of fused-ring (bicyclic) bond motifs is 1. The molecule has 0 atom stereocenters. The molecule has 7 nitrogen and oxygen atoms in total. The van der Waals surface area contributed by atoms with Crippen LogP contribution in [-0.4, -0.2) is 23.4 Å². The Morgan fingerprint density at radius 2 is 1.60 bits per heavy atom. The van der Waals surface area contributed by atoms with Gasteiger partial charge < -0.3 is 5.73 Å². The van der Waals surface area contributed by atoms with Crippen molar-refractivity contribution in [3.8, 4) is 22.3 Å². The van der Waals surface area contributed by atoms with Gasteiger partial charge in [-0.15, -0.1) is 0 Å². The number of hydrogen-bond donors (Lipinski definition) is 2. The lowest BCUT2D eigenvalue weighted by molar-refractivity contribution is 0.583. The van der Waals surface area contributed by atoms with Gasteiger partial charge in [0.05, 0.1) is 11.2 Å². The van der Waals surface area contributed by atoms with Crippen molar-refractivity contribution in [3.63, 3.8) is 0 Å². The molecule has 0 radical (unpaired) electrons. The molecule has 0 aliphatic carbocycles. The van der Waals surface area contributed by atoms with E-state index in [1.165, 1.54) is 12.3 Å². The lowest BCUT2D eigenvalue weighted by Crippen LogP contribution is -2.16. The molecule has 0 saturated heterocycles. The predicted molar refractivity (Wildman–Crippen MR) is 130 cm³/mol. The molecule has 3 N–H and O–H groups in total. The van der Waals surface area contributed by atoms with E-state index in [-0.39, 0.29) is 10.7 Å². The molecule has 174 valence electrons. The number of hydrogen-bond acceptors (Lipinski definition) is 6. The Morgan fingerprint density at radius 1 is 0.800 bits per heavy atom. The normalized spacial score (nSPS) is 11.5. The summed E-state index contributed by atoms with van der Waals surface area (Å²) in [5.74, 6) is -2.14. The number of nitrogen functional groups attached to an aromatic ring is 1. The zero-order valence-corrected chi connectivity index (χ0v) is 18.8. The SMILES string of the molecule is Nc1ncc(-c2ccc3nccc(-c4ccncc4)c3c2)cc1S(=O)(=O)Nc1ccc(F)cc1F. The quantitative estimate of drug-likeness (QED) is 0.359. The van der Waals surface area contributed by atoms with Gasteiger partial charge in [-0.2, -0.15) is 0 Å². The van der Waals surface area contributed by atoms with E-state index in [9.17, 15) is 17.2 Å². The summed E-state index contributed by atoms with van der Waals surface area (Å²) in [6.45, 7) is 0. The fraction of sp³-hybridized carbons (Fsp3) is 0. The first kappa shape index (κ1) is 22.4. The number of benzene rings is 2.